The van der Waals surface area contributed by atoms with Gasteiger partial charge in [0.1, 0.15) is 0 Å². The van der Waals surface area contributed by atoms with Crippen LogP contribution in [0.25, 0.3) is 0 Å². The standard InChI is InChI=1S/C11H15BrN2O/c1-11(2,14-10(15)13-3)8-5-4-6-9(12)7-8/h4-7H,1-3H3,(H2,13,14,15). The van der Waals surface area contributed by atoms with Crippen molar-refractivity contribution in [2.24, 2.45) is 0 Å². The second kappa shape index (κ2) is 4.66. The Bertz CT molecular complexity index is 363. The zero-order chi connectivity index (χ0) is 11.5. The Labute approximate surface area is 98.4 Å². The molecular formula is C11H15BrN2O. The lowest BCUT2D eigenvalue weighted by Gasteiger charge is -2.26. The summed E-state index contributed by atoms with van der Waals surface area (Å²) in [5, 5.41) is 5.42. The second-order valence-corrected chi connectivity index (χ2v) is 4.76. The predicted molar refractivity (Wildman–Crippen MR) is 64.8 cm³/mol. The topological polar surface area (TPSA) is 41.1 Å². The molecule has 0 saturated heterocycles. The lowest BCUT2D eigenvalue weighted by Crippen LogP contribution is -2.45. The van der Waals surface area contributed by atoms with Crippen LogP contribution in [0.2, 0.25) is 0 Å². The van der Waals surface area contributed by atoms with Gasteiger partial charge in [-0.05, 0) is 31.5 Å². The smallest absolute Gasteiger partial charge is 0.315 e. The molecule has 2 amide bonds. The van der Waals surface area contributed by atoms with E-state index in [2.05, 4.69) is 26.6 Å². The largest absolute Gasteiger partial charge is 0.341 e. The SMILES string of the molecule is CNC(=O)NC(C)(C)c1cccc(Br)c1. The number of rotatable bonds is 2. The fourth-order valence-electron chi connectivity index (χ4n) is 1.30. The van der Waals surface area contributed by atoms with Crippen LogP contribution in [0.5, 0.6) is 0 Å². The van der Waals surface area contributed by atoms with Crippen LogP contribution in [0.1, 0.15) is 19.4 Å². The maximum Gasteiger partial charge on any atom is 0.315 e. The van der Waals surface area contributed by atoms with Crippen LogP contribution in [0.4, 0.5) is 4.79 Å². The van der Waals surface area contributed by atoms with Crippen LogP contribution in [0.15, 0.2) is 28.7 Å². The molecule has 0 aromatic heterocycles. The molecule has 0 unspecified atom stereocenters. The molecule has 0 radical (unpaired) electrons. The van der Waals surface area contributed by atoms with Crippen molar-refractivity contribution in [3.05, 3.63) is 34.3 Å². The minimum atomic E-state index is -0.385. The Morgan fingerprint density at radius 1 is 1.40 bits per heavy atom. The number of urea groups is 1. The molecule has 0 saturated carbocycles. The minimum Gasteiger partial charge on any atom is -0.341 e. The summed E-state index contributed by atoms with van der Waals surface area (Å²) in [7, 11) is 1.60. The van der Waals surface area contributed by atoms with Crippen molar-refractivity contribution in [3.63, 3.8) is 0 Å². The van der Waals surface area contributed by atoms with E-state index in [0.29, 0.717) is 0 Å². The summed E-state index contributed by atoms with van der Waals surface area (Å²) in [6, 6.07) is 7.71. The van der Waals surface area contributed by atoms with Gasteiger partial charge in [-0.1, -0.05) is 28.1 Å². The van der Waals surface area contributed by atoms with E-state index in [1.54, 1.807) is 7.05 Å². The first kappa shape index (κ1) is 12.0. The van der Waals surface area contributed by atoms with Crippen molar-refractivity contribution in [1.29, 1.82) is 0 Å². The average molecular weight is 271 g/mol. The van der Waals surface area contributed by atoms with E-state index >= 15 is 0 Å². The van der Waals surface area contributed by atoms with Crippen LogP contribution >= 0.6 is 15.9 Å². The summed E-state index contributed by atoms with van der Waals surface area (Å²) in [6.07, 6.45) is 0. The Morgan fingerprint density at radius 2 is 2.07 bits per heavy atom. The van der Waals surface area contributed by atoms with Crippen molar-refractivity contribution in [1.82, 2.24) is 10.6 Å². The zero-order valence-corrected chi connectivity index (χ0v) is 10.7. The third kappa shape index (κ3) is 3.23. The molecule has 0 aliphatic rings. The second-order valence-electron chi connectivity index (χ2n) is 3.84. The Morgan fingerprint density at radius 3 is 2.60 bits per heavy atom. The highest BCUT2D eigenvalue weighted by Gasteiger charge is 2.22. The number of carbonyl (C=O) groups excluding carboxylic acids is 1. The van der Waals surface area contributed by atoms with Crippen LogP contribution in [-0.4, -0.2) is 13.1 Å². The van der Waals surface area contributed by atoms with Crippen LogP contribution < -0.4 is 10.6 Å². The molecule has 1 rings (SSSR count). The van der Waals surface area contributed by atoms with Gasteiger partial charge < -0.3 is 10.6 Å². The normalized spacial score (nSPS) is 10.9. The van der Waals surface area contributed by atoms with Gasteiger partial charge in [-0.2, -0.15) is 0 Å². The number of benzene rings is 1. The minimum absolute atomic E-state index is 0.181. The first-order chi connectivity index (χ1) is 6.95. The Kier molecular flexibility index (Phi) is 3.74. The van der Waals surface area contributed by atoms with E-state index in [-0.39, 0.29) is 11.6 Å². The number of amides is 2. The summed E-state index contributed by atoms with van der Waals surface area (Å²) < 4.78 is 1.01. The number of hydrogen-bond acceptors (Lipinski definition) is 1. The molecule has 1 aromatic rings. The van der Waals surface area contributed by atoms with E-state index in [1.807, 2.05) is 38.1 Å². The number of halogens is 1. The van der Waals surface area contributed by atoms with Gasteiger partial charge in [0, 0.05) is 11.5 Å². The first-order valence-corrected chi connectivity index (χ1v) is 5.51. The summed E-state index contributed by atoms with van der Waals surface area (Å²) in [5.74, 6) is 0. The number of nitrogens with one attached hydrogen (secondary N) is 2. The molecule has 82 valence electrons. The summed E-state index contributed by atoms with van der Waals surface area (Å²) in [4.78, 5) is 11.3. The van der Waals surface area contributed by atoms with Gasteiger partial charge in [-0.15, -0.1) is 0 Å². The monoisotopic (exact) mass is 270 g/mol. The number of hydrogen-bond donors (Lipinski definition) is 2. The van der Waals surface area contributed by atoms with Crippen LogP contribution in [0.3, 0.4) is 0 Å². The molecule has 0 fully saturated rings. The molecule has 0 atom stereocenters. The van der Waals surface area contributed by atoms with Gasteiger partial charge in [-0.25, -0.2) is 4.79 Å². The van der Waals surface area contributed by atoms with Crippen molar-refractivity contribution in [2.75, 3.05) is 7.05 Å². The van der Waals surface area contributed by atoms with Gasteiger partial charge in [0.05, 0.1) is 5.54 Å². The summed E-state index contributed by atoms with van der Waals surface area (Å²) in [6.45, 7) is 3.92. The quantitative estimate of drug-likeness (QED) is 0.853. The molecule has 0 aliphatic carbocycles. The maximum absolute atomic E-state index is 11.3. The average Bonchev–Trinajstić information content (AvgIpc) is 2.17. The zero-order valence-electron chi connectivity index (χ0n) is 9.10. The van der Waals surface area contributed by atoms with Crippen molar-refractivity contribution in [3.8, 4) is 0 Å². The van der Waals surface area contributed by atoms with Crippen molar-refractivity contribution >= 4 is 22.0 Å². The molecule has 0 spiro atoms. The van der Waals surface area contributed by atoms with Gasteiger partial charge >= 0.3 is 6.03 Å². The predicted octanol–water partition coefficient (Wildman–Crippen LogP) is 2.61. The highest BCUT2D eigenvalue weighted by atomic mass is 79.9. The van der Waals surface area contributed by atoms with Crippen LogP contribution in [-0.2, 0) is 5.54 Å². The third-order valence-corrected chi connectivity index (χ3v) is 2.69. The summed E-state index contributed by atoms with van der Waals surface area (Å²) >= 11 is 3.41. The molecule has 0 heterocycles. The van der Waals surface area contributed by atoms with Crippen LogP contribution in [0, 0.1) is 0 Å². The summed E-state index contributed by atoms with van der Waals surface area (Å²) in [5.41, 5.74) is 0.671. The van der Waals surface area contributed by atoms with Gasteiger partial charge in [0.15, 0.2) is 0 Å². The highest BCUT2D eigenvalue weighted by Crippen LogP contribution is 2.22. The first-order valence-electron chi connectivity index (χ1n) is 4.71. The lowest BCUT2D eigenvalue weighted by molar-refractivity contribution is 0.232. The third-order valence-electron chi connectivity index (χ3n) is 2.20. The fraction of sp³-hybridized carbons (Fsp3) is 0.364. The molecular weight excluding hydrogens is 256 g/mol. The Hall–Kier alpha value is -1.03. The molecule has 4 heteroatoms. The van der Waals surface area contributed by atoms with Gasteiger partial charge in [0.2, 0.25) is 0 Å². The van der Waals surface area contributed by atoms with Crippen molar-refractivity contribution in [2.45, 2.75) is 19.4 Å². The number of carbonyl (C=O) groups is 1. The van der Waals surface area contributed by atoms with E-state index in [9.17, 15) is 4.79 Å². The highest BCUT2D eigenvalue weighted by molar-refractivity contribution is 9.10. The molecule has 0 bridgehead atoms. The van der Waals surface area contributed by atoms with E-state index in [4.69, 9.17) is 0 Å². The Balaban J connectivity index is 2.90. The lowest BCUT2D eigenvalue weighted by atomic mass is 9.95. The fourth-order valence-corrected chi connectivity index (χ4v) is 1.69. The van der Waals surface area contributed by atoms with E-state index in [1.165, 1.54) is 0 Å². The molecule has 2 N–H and O–H groups in total. The molecule has 3 nitrogen and oxygen atoms in total. The van der Waals surface area contributed by atoms with Gasteiger partial charge in [-0.3, -0.25) is 0 Å². The molecule has 15 heavy (non-hydrogen) atoms. The van der Waals surface area contributed by atoms with E-state index in [0.717, 1.165) is 10.0 Å². The van der Waals surface area contributed by atoms with Crippen molar-refractivity contribution < 1.29 is 4.79 Å². The molecule has 0 aliphatic heterocycles. The van der Waals surface area contributed by atoms with E-state index < -0.39 is 0 Å². The molecule has 1 aromatic carbocycles. The maximum atomic E-state index is 11.3. The van der Waals surface area contributed by atoms with Gasteiger partial charge in [0.25, 0.3) is 0 Å².